The minimum Gasteiger partial charge on any atom is -0.478 e. The Morgan fingerprint density at radius 1 is 1.17 bits per heavy atom. The summed E-state index contributed by atoms with van der Waals surface area (Å²) in [4.78, 5) is 15.4. The van der Waals surface area contributed by atoms with Crippen molar-refractivity contribution in [3.8, 4) is 17.2 Å². The molecule has 0 radical (unpaired) electrons. The molecule has 1 heterocycles. The van der Waals surface area contributed by atoms with Gasteiger partial charge in [-0.05, 0) is 54.7 Å². The van der Waals surface area contributed by atoms with E-state index >= 15 is 0 Å². The Morgan fingerprint density at radius 3 is 2.60 bits per heavy atom. The number of benzene rings is 2. The molecule has 1 aliphatic carbocycles. The summed E-state index contributed by atoms with van der Waals surface area (Å²) in [6.45, 7) is 0. The van der Waals surface area contributed by atoms with Crippen LogP contribution in [-0.4, -0.2) is 24.5 Å². The van der Waals surface area contributed by atoms with Crippen LogP contribution in [0.5, 0.6) is 0 Å². The normalized spacial score (nSPS) is 13.4. The number of sulfonamides is 1. The van der Waals surface area contributed by atoms with Gasteiger partial charge in [-0.25, -0.2) is 13.2 Å². The second-order valence-electron chi connectivity index (χ2n) is 7.05. The van der Waals surface area contributed by atoms with Crippen molar-refractivity contribution < 1.29 is 18.3 Å². The van der Waals surface area contributed by atoms with Crippen molar-refractivity contribution in [2.45, 2.75) is 23.7 Å². The lowest BCUT2D eigenvalue weighted by Crippen LogP contribution is -2.16. The van der Waals surface area contributed by atoms with Crippen LogP contribution in [0.3, 0.4) is 0 Å². The lowest BCUT2D eigenvalue weighted by Gasteiger charge is -2.16. The molecule has 0 amide bonds. The lowest BCUT2D eigenvalue weighted by atomic mass is 10.0. The third-order valence-corrected chi connectivity index (χ3v) is 6.35. The number of pyridine rings is 1. The lowest BCUT2D eigenvalue weighted by molar-refractivity contribution is 0.0696. The molecule has 0 atom stereocenters. The highest BCUT2D eigenvalue weighted by Crippen LogP contribution is 2.43. The molecular weight excluding hydrogens is 402 g/mol. The minimum absolute atomic E-state index is 0.0515. The largest absolute Gasteiger partial charge is 0.478 e. The fraction of sp³-hybridized carbons (Fsp3) is 0.136. The van der Waals surface area contributed by atoms with Crippen LogP contribution >= 0.6 is 0 Å². The minimum atomic E-state index is -4.10. The van der Waals surface area contributed by atoms with E-state index in [4.69, 9.17) is 0 Å². The van der Waals surface area contributed by atoms with Gasteiger partial charge in [0, 0.05) is 23.5 Å². The van der Waals surface area contributed by atoms with Crippen LogP contribution in [-0.2, 0) is 10.0 Å². The number of carbonyl (C=O) groups is 1. The number of anilines is 1. The first-order valence-corrected chi connectivity index (χ1v) is 10.7. The molecule has 0 saturated heterocycles. The molecule has 4 rings (SSSR count). The van der Waals surface area contributed by atoms with Crippen molar-refractivity contribution in [2.24, 2.45) is 0 Å². The van der Waals surface area contributed by atoms with E-state index in [1.54, 1.807) is 42.7 Å². The maximum atomic E-state index is 13.3. The summed E-state index contributed by atoms with van der Waals surface area (Å²) >= 11 is 0. The molecule has 2 N–H and O–H groups in total. The molecule has 1 saturated carbocycles. The monoisotopic (exact) mass is 419 g/mol. The number of nitriles is 1. The van der Waals surface area contributed by atoms with E-state index in [0.717, 1.165) is 12.8 Å². The summed E-state index contributed by atoms with van der Waals surface area (Å²) in [5.41, 5.74) is 2.27. The van der Waals surface area contributed by atoms with Crippen LogP contribution < -0.4 is 4.72 Å². The van der Waals surface area contributed by atoms with E-state index in [-0.39, 0.29) is 22.1 Å². The highest BCUT2D eigenvalue weighted by Gasteiger charge is 2.31. The fourth-order valence-corrected chi connectivity index (χ4v) is 4.70. The zero-order valence-corrected chi connectivity index (χ0v) is 16.6. The second kappa shape index (κ2) is 7.61. The molecule has 0 spiro atoms. The van der Waals surface area contributed by atoms with E-state index in [9.17, 15) is 23.6 Å². The Hall–Kier alpha value is -3.70. The Labute approximate surface area is 173 Å². The number of carboxylic acid groups (broad SMARTS) is 1. The molecule has 150 valence electrons. The Balaban J connectivity index is 1.82. The van der Waals surface area contributed by atoms with Gasteiger partial charge in [0.05, 0.1) is 27.8 Å². The number of carboxylic acids is 1. The van der Waals surface area contributed by atoms with Gasteiger partial charge in [-0.1, -0.05) is 18.2 Å². The first kappa shape index (κ1) is 19.6. The SMILES string of the molecule is N#Cc1ccc(-c2cccnc2)c(NS(=O)(=O)c2cc(C(=O)O)ccc2C2CC2)c1. The van der Waals surface area contributed by atoms with E-state index in [1.165, 1.54) is 18.2 Å². The second-order valence-corrected chi connectivity index (χ2v) is 8.70. The van der Waals surface area contributed by atoms with Gasteiger partial charge >= 0.3 is 5.97 Å². The number of nitrogens with one attached hydrogen (secondary N) is 1. The highest BCUT2D eigenvalue weighted by atomic mass is 32.2. The van der Waals surface area contributed by atoms with Crippen LogP contribution in [0.25, 0.3) is 11.1 Å². The van der Waals surface area contributed by atoms with E-state index in [0.29, 0.717) is 22.3 Å². The van der Waals surface area contributed by atoms with E-state index in [1.807, 2.05) is 6.07 Å². The van der Waals surface area contributed by atoms with Crippen molar-refractivity contribution in [1.82, 2.24) is 4.98 Å². The zero-order valence-electron chi connectivity index (χ0n) is 15.7. The predicted molar refractivity (Wildman–Crippen MR) is 111 cm³/mol. The third kappa shape index (κ3) is 3.88. The molecule has 0 bridgehead atoms. The van der Waals surface area contributed by atoms with Gasteiger partial charge in [0.25, 0.3) is 10.0 Å². The van der Waals surface area contributed by atoms with Gasteiger partial charge in [-0.15, -0.1) is 0 Å². The molecule has 8 heteroatoms. The van der Waals surface area contributed by atoms with Crippen molar-refractivity contribution in [2.75, 3.05) is 4.72 Å². The Kier molecular flexibility index (Phi) is 4.98. The number of aromatic nitrogens is 1. The summed E-state index contributed by atoms with van der Waals surface area (Å²) in [6.07, 6.45) is 4.93. The molecule has 1 fully saturated rings. The van der Waals surface area contributed by atoms with E-state index < -0.39 is 16.0 Å². The molecule has 0 aliphatic heterocycles. The van der Waals surface area contributed by atoms with Gasteiger partial charge in [0.15, 0.2) is 0 Å². The molecule has 2 aromatic carbocycles. The van der Waals surface area contributed by atoms with Crippen molar-refractivity contribution in [1.29, 1.82) is 5.26 Å². The average Bonchev–Trinajstić information content (AvgIpc) is 3.59. The fourth-order valence-electron chi connectivity index (χ4n) is 3.30. The zero-order chi connectivity index (χ0) is 21.3. The van der Waals surface area contributed by atoms with Crippen LogP contribution in [0.1, 0.15) is 40.2 Å². The molecule has 1 aromatic heterocycles. The van der Waals surface area contributed by atoms with Crippen molar-refractivity contribution in [3.63, 3.8) is 0 Å². The summed E-state index contributed by atoms with van der Waals surface area (Å²) < 4.78 is 29.2. The number of aromatic carboxylic acids is 1. The molecule has 0 unspecified atom stereocenters. The molecule has 30 heavy (non-hydrogen) atoms. The standard InChI is InChI=1S/C22H17N3O4S/c23-12-14-3-7-18(17-2-1-9-24-13-17)20(10-14)25-30(28,29)21-11-16(22(26)27)6-8-19(21)15-4-5-15/h1-3,6-11,13,15,25H,4-5H2,(H,26,27). The van der Waals surface area contributed by atoms with Crippen molar-refractivity contribution in [3.05, 3.63) is 77.6 Å². The Bertz CT molecular complexity index is 1280. The highest BCUT2D eigenvalue weighted by molar-refractivity contribution is 7.92. The number of rotatable bonds is 6. The summed E-state index contributed by atoms with van der Waals surface area (Å²) in [6, 6.07) is 14.4. The van der Waals surface area contributed by atoms with Gasteiger partial charge in [-0.3, -0.25) is 9.71 Å². The summed E-state index contributed by atoms with van der Waals surface area (Å²) in [7, 11) is -4.10. The summed E-state index contributed by atoms with van der Waals surface area (Å²) in [5, 5.41) is 18.6. The van der Waals surface area contributed by atoms with Crippen molar-refractivity contribution >= 4 is 21.7 Å². The topological polar surface area (TPSA) is 120 Å². The maximum Gasteiger partial charge on any atom is 0.335 e. The molecule has 3 aromatic rings. The maximum absolute atomic E-state index is 13.3. The molecule has 1 aliphatic rings. The predicted octanol–water partition coefficient (Wildman–Crippen LogP) is 4.00. The first-order chi connectivity index (χ1) is 14.4. The smallest absolute Gasteiger partial charge is 0.335 e. The average molecular weight is 419 g/mol. The van der Waals surface area contributed by atoms with Crippen LogP contribution in [0.2, 0.25) is 0 Å². The first-order valence-electron chi connectivity index (χ1n) is 9.23. The van der Waals surface area contributed by atoms with Gasteiger partial charge in [0.1, 0.15) is 0 Å². The molecular formula is C22H17N3O4S. The van der Waals surface area contributed by atoms with E-state index in [2.05, 4.69) is 9.71 Å². The third-order valence-electron chi connectivity index (χ3n) is 4.93. The number of hydrogen-bond donors (Lipinski definition) is 2. The van der Waals surface area contributed by atoms with Gasteiger partial charge < -0.3 is 5.11 Å². The Morgan fingerprint density at radius 2 is 1.97 bits per heavy atom. The van der Waals surface area contributed by atoms with Crippen LogP contribution in [0, 0.1) is 11.3 Å². The summed E-state index contributed by atoms with van der Waals surface area (Å²) in [5.74, 6) is -1.10. The van der Waals surface area contributed by atoms with Gasteiger partial charge in [-0.2, -0.15) is 5.26 Å². The quantitative estimate of drug-likeness (QED) is 0.623. The molecule has 7 nitrogen and oxygen atoms in total. The van der Waals surface area contributed by atoms with Gasteiger partial charge in [0.2, 0.25) is 0 Å². The van der Waals surface area contributed by atoms with Crippen LogP contribution in [0.4, 0.5) is 5.69 Å². The number of hydrogen-bond acceptors (Lipinski definition) is 5. The van der Waals surface area contributed by atoms with Crippen LogP contribution in [0.15, 0.2) is 65.8 Å². The number of nitrogens with zero attached hydrogens (tertiary/aromatic N) is 2.